The van der Waals surface area contributed by atoms with Gasteiger partial charge in [0.25, 0.3) is 5.91 Å². The molecule has 1 unspecified atom stereocenters. The number of para-hydroxylation sites is 1. The minimum absolute atomic E-state index is 0.128. The first-order valence-electron chi connectivity index (χ1n) is 10.9. The molecule has 0 aromatic heterocycles. The molecule has 3 rings (SSSR count). The molecule has 3 aromatic rings. The number of hydrogen-bond donors (Lipinski definition) is 2. The Labute approximate surface area is 204 Å². The third-order valence-corrected chi connectivity index (χ3v) is 4.63. The molecule has 0 aliphatic heterocycles. The van der Waals surface area contributed by atoms with Crippen LogP contribution in [0.1, 0.15) is 0 Å². The third-order valence-electron chi connectivity index (χ3n) is 4.63. The maximum atomic E-state index is 12.1. The number of aliphatic hydroxyl groups excluding tert-OH is 1. The molecule has 0 aliphatic carbocycles. The van der Waals surface area contributed by atoms with E-state index in [-0.39, 0.29) is 26.4 Å². The summed E-state index contributed by atoms with van der Waals surface area (Å²) in [5, 5.41) is 12.7. The molecule has 0 aliphatic rings. The van der Waals surface area contributed by atoms with Crippen LogP contribution < -0.4 is 29.0 Å². The number of rotatable bonds is 13. The van der Waals surface area contributed by atoms with E-state index in [0.29, 0.717) is 28.7 Å². The van der Waals surface area contributed by atoms with Crippen molar-refractivity contribution in [3.8, 4) is 46.8 Å². The molecule has 0 radical (unpaired) electrons. The summed E-state index contributed by atoms with van der Waals surface area (Å²) in [5.74, 6) is 5.22. The first kappa shape index (κ1) is 25.3. The van der Waals surface area contributed by atoms with Gasteiger partial charge >= 0.3 is 0 Å². The van der Waals surface area contributed by atoms with Gasteiger partial charge < -0.3 is 34.1 Å². The van der Waals surface area contributed by atoms with Gasteiger partial charge in [0.05, 0.1) is 13.7 Å². The molecule has 8 nitrogen and oxygen atoms in total. The summed E-state index contributed by atoms with van der Waals surface area (Å²) in [4.78, 5) is 12.1. The largest absolute Gasteiger partial charge is 0.493 e. The molecule has 0 fully saturated rings. The lowest BCUT2D eigenvalue weighted by atomic mass is 10.3. The molecule has 8 heteroatoms. The Morgan fingerprint density at radius 1 is 0.914 bits per heavy atom. The molecule has 2 N–H and O–H groups in total. The number of carbonyl (C=O) groups is 1. The van der Waals surface area contributed by atoms with E-state index in [1.807, 2.05) is 30.3 Å². The van der Waals surface area contributed by atoms with Gasteiger partial charge in [0, 0.05) is 6.07 Å². The first-order valence-corrected chi connectivity index (χ1v) is 10.9. The van der Waals surface area contributed by atoms with Gasteiger partial charge in [-0.2, -0.15) is 0 Å². The van der Waals surface area contributed by atoms with Crippen LogP contribution in [-0.4, -0.2) is 50.6 Å². The first-order chi connectivity index (χ1) is 17.1. The van der Waals surface area contributed by atoms with Crippen LogP contribution in [0.3, 0.4) is 0 Å². The monoisotopic (exact) mass is 477 g/mol. The van der Waals surface area contributed by atoms with Crippen LogP contribution in [0.25, 0.3) is 0 Å². The minimum atomic E-state index is -1.33. The van der Waals surface area contributed by atoms with Gasteiger partial charge in [-0.3, -0.25) is 4.79 Å². The highest BCUT2D eigenvalue weighted by atomic mass is 16.5. The number of aliphatic hydroxyl groups is 1. The summed E-state index contributed by atoms with van der Waals surface area (Å²) in [6.07, 6.45) is 3.87. The van der Waals surface area contributed by atoms with Crippen molar-refractivity contribution in [2.24, 2.45) is 0 Å². The molecule has 1 amide bonds. The van der Waals surface area contributed by atoms with Crippen molar-refractivity contribution in [3.05, 3.63) is 72.8 Å². The van der Waals surface area contributed by atoms with E-state index in [4.69, 9.17) is 30.1 Å². The Hall–Kier alpha value is -4.35. The van der Waals surface area contributed by atoms with Gasteiger partial charge in [-0.15, -0.1) is 6.42 Å². The lowest BCUT2D eigenvalue weighted by Crippen LogP contribution is -2.40. The van der Waals surface area contributed by atoms with E-state index >= 15 is 0 Å². The lowest BCUT2D eigenvalue weighted by molar-refractivity contribution is -0.130. The van der Waals surface area contributed by atoms with Crippen molar-refractivity contribution in [1.29, 1.82) is 0 Å². The molecule has 0 saturated heterocycles. The topological polar surface area (TPSA) is 95.5 Å². The zero-order chi connectivity index (χ0) is 24.9. The minimum Gasteiger partial charge on any atom is -0.493 e. The second-order valence-electron chi connectivity index (χ2n) is 7.16. The van der Waals surface area contributed by atoms with E-state index < -0.39 is 12.0 Å². The molecule has 1 atom stereocenters. The fourth-order valence-corrected chi connectivity index (χ4v) is 2.92. The lowest BCUT2D eigenvalue weighted by Gasteiger charge is -2.14. The molecular formula is C27H27NO7. The maximum absolute atomic E-state index is 12.1. The van der Waals surface area contributed by atoms with Crippen LogP contribution >= 0.6 is 0 Å². The summed E-state index contributed by atoms with van der Waals surface area (Å²) in [6, 6.07) is 21.3. The predicted molar refractivity (Wildman–Crippen MR) is 130 cm³/mol. The van der Waals surface area contributed by atoms with Crippen molar-refractivity contribution < 1.29 is 33.6 Å². The fourth-order valence-electron chi connectivity index (χ4n) is 2.92. The highest BCUT2D eigenvalue weighted by Gasteiger charge is 2.15. The van der Waals surface area contributed by atoms with Crippen molar-refractivity contribution in [2.75, 3.05) is 33.5 Å². The van der Waals surface area contributed by atoms with Gasteiger partial charge in [-0.25, -0.2) is 0 Å². The summed E-state index contributed by atoms with van der Waals surface area (Å²) in [6.45, 7) is 0.319. The summed E-state index contributed by atoms with van der Waals surface area (Å²) >= 11 is 0. The number of methoxy groups -OCH3 is 1. The Morgan fingerprint density at radius 3 is 2.31 bits per heavy atom. The van der Waals surface area contributed by atoms with Crippen LogP contribution in [-0.2, 0) is 4.79 Å². The molecule has 0 spiro atoms. The number of benzene rings is 3. The molecule has 0 bridgehead atoms. The average molecular weight is 478 g/mol. The van der Waals surface area contributed by atoms with E-state index in [1.54, 1.807) is 42.5 Å². The zero-order valence-corrected chi connectivity index (χ0v) is 19.3. The van der Waals surface area contributed by atoms with Crippen LogP contribution in [0, 0.1) is 12.3 Å². The Balaban J connectivity index is 1.36. The maximum Gasteiger partial charge on any atom is 0.252 e. The average Bonchev–Trinajstić information content (AvgIpc) is 2.90. The molecular weight excluding hydrogens is 450 g/mol. The molecule has 182 valence electrons. The molecule has 3 aromatic carbocycles. The second-order valence-corrected chi connectivity index (χ2v) is 7.16. The third kappa shape index (κ3) is 8.18. The van der Waals surface area contributed by atoms with Crippen molar-refractivity contribution in [3.63, 3.8) is 0 Å². The Bertz CT molecular complexity index is 1110. The number of carbonyl (C=O) groups excluding carboxylic acids is 1. The van der Waals surface area contributed by atoms with Crippen LogP contribution in [0.4, 0.5) is 0 Å². The van der Waals surface area contributed by atoms with Crippen molar-refractivity contribution in [2.45, 2.75) is 6.10 Å². The highest BCUT2D eigenvalue weighted by Crippen LogP contribution is 2.31. The normalized spacial score (nSPS) is 11.0. The molecule has 0 saturated carbocycles. The number of terminal acetylenes is 1. The Kier molecular flexibility index (Phi) is 9.66. The van der Waals surface area contributed by atoms with E-state index in [0.717, 1.165) is 5.75 Å². The SMILES string of the molecule is C#CCOc1ccc(OCCNC(=O)C(O)COc2ccc(Oc3ccccc3)cc2)cc1OC. The number of nitrogens with one attached hydrogen (secondary N) is 1. The zero-order valence-electron chi connectivity index (χ0n) is 19.3. The Morgan fingerprint density at radius 2 is 1.60 bits per heavy atom. The number of hydrogen-bond acceptors (Lipinski definition) is 7. The smallest absolute Gasteiger partial charge is 0.252 e. The summed E-state index contributed by atoms with van der Waals surface area (Å²) < 4.78 is 27.5. The predicted octanol–water partition coefficient (Wildman–Crippen LogP) is 3.43. The number of ether oxygens (including phenoxy) is 5. The molecule has 0 heterocycles. The quantitative estimate of drug-likeness (QED) is 0.288. The van der Waals surface area contributed by atoms with E-state index in [2.05, 4.69) is 11.2 Å². The van der Waals surface area contributed by atoms with E-state index in [9.17, 15) is 9.90 Å². The van der Waals surface area contributed by atoms with Crippen molar-refractivity contribution in [1.82, 2.24) is 5.32 Å². The van der Waals surface area contributed by atoms with Gasteiger partial charge in [-0.1, -0.05) is 24.1 Å². The van der Waals surface area contributed by atoms with Crippen LogP contribution in [0.5, 0.6) is 34.5 Å². The van der Waals surface area contributed by atoms with Crippen LogP contribution in [0.15, 0.2) is 72.8 Å². The fraction of sp³-hybridized carbons (Fsp3) is 0.222. The molecule has 35 heavy (non-hydrogen) atoms. The number of amides is 1. The van der Waals surface area contributed by atoms with Crippen LogP contribution in [0.2, 0.25) is 0 Å². The second kappa shape index (κ2) is 13.4. The van der Waals surface area contributed by atoms with Gasteiger partial charge in [0.2, 0.25) is 0 Å². The van der Waals surface area contributed by atoms with Gasteiger partial charge in [0.1, 0.15) is 42.8 Å². The summed E-state index contributed by atoms with van der Waals surface area (Å²) in [5.41, 5.74) is 0. The van der Waals surface area contributed by atoms with E-state index in [1.165, 1.54) is 7.11 Å². The standard InChI is InChI=1S/C27H27NO7/c1-3-16-33-25-14-13-23(18-26(25)31-2)32-17-15-28-27(30)24(29)19-34-20-9-11-22(12-10-20)35-21-7-5-4-6-8-21/h1,4-14,18,24,29H,15-17,19H2,2H3,(H,28,30). The highest BCUT2D eigenvalue weighted by molar-refractivity contribution is 5.80. The summed E-state index contributed by atoms with van der Waals surface area (Å²) in [7, 11) is 1.51. The van der Waals surface area contributed by atoms with Gasteiger partial charge in [-0.05, 0) is 48.5 Å². The van der Waals surface area contributed by atoms with Crippen molar-refractivity contribution >= 4 is 5.91 Å². The van der Waals surface area contributed by atoms with Gasteiger partial charge in [0.15, 0.2) is 17.6 Å².